The highest BCUT2D eigenvalue weighted by Gasteiger charge is 2.01. The number of aliphatic hydroxyl groups excluding tert-OH is 1. The fourth-order valence-electron chi connectivity index (χ4n) is 1.58. The van der Waals surface area contributed by atoms with Crippen molar-refractivity contribution >= 4 is 0 Å². The minimum atomic E-state index is -0.406. The van der Waals surface area contributed by atoms with Crippen LogP contribution in [0.1, 0.15) is 17.7 Å². The van der Waals surface area contributed by atoms with Crippen molar-refractivity contribution in [2.75, 3.05) is 6.61 Å². The van der Waals surface area contributed by atoms with Gasteiger partial charge >= 0.3 is 0 Å². The van der Waals surface area contributed by atoms with Gasteiger partial charge in [0, 0.05) is 24.2 Å². The van der Waals surface area contributed by atoms with Crippen molar-refractivity contribution in [2.24, 2.45) is 0 Å². The number of hydrogen-bond acceptors (Lipinski definition) is 3. The number of benzene rings is 1. The highest BCUT2D eigenvalue weighted by atomic mass is 19.1. The largest absolute Gasteiger partial charge is 0.487 e. The molecule has 0 fully saturated rings. The summed E-state index contributed by atoms with van der Waals surface area (Å²) in [6, 6.07) is 9.82. The van der Waals surface area contributed by atoms with Crippen LogP contribution in [-0.4, -0.2) is 16.7 Å². The third-order valence-corrected chi connectivity index (χ3v) is 2.45. The summed E-state index contributed by atoms with van der Waals surface area (Å²) in [5.41, 5.74) is 1.29. The van der Waals surface area contributed by atoms with Gasteiger partial charge in [0.25, 0.3) is 0 Å². The summed E-state index contributed by atoms with van der Waals surface area (Å²) in [7, 11) is 0. The standard InChI is InChI=1S/C16H14FNO2/c17-14-9-13(5-2-4-8-19)10-16(11-14)20-12-15-6-1-3-7-18-15/h1,3,6-7,9-11,19H,4,8,12H2. The van der Waals surface area contributed by atoms with Crippen molar-refractivity contribution in [1.82, 2.24) is 4.98 Å². The molecule has 0 aliphatic carbocycles. The summed E-state index contributed by atoms with van der Waals surface area (Å²) >= 11 is 0. The predicted octanol–water partition coefficient (Wildman–Crippen LogP) is 2.53. The summed E-state index contributed by atoms with van der Waals surface area (Å²) in [5.74, 6) is 5.53. The summed E-state index contributed by atoms with van der Waals surface area (Å²) in [5, 5.41) is 8.66. The van der Waals surface area contributed by atoms with Crippen LogP contribution in [0.3, 0.4) is 0 Å². The lowest BCUT2D eigenvalue weighted by atomic mass is 10.2. The molecule has 4 heteroatoms. The first-order chi connectivity index (χ1) is 9.78. The molecule has 0 bridgehead atoms. The molecule has 1 aromatic carbocycles. The van der Waals surface area contributed by atoms with Gasteiger partial charge in [-0.1, -0.05) is 17.9 Å². The average Bonchev–Trinajstić information content (AvgIpc) is 2.46. The smallest absolute Gasteiger partial charge is 0.130 e. The van der Waals surface area contributed by atoms with E-state index in [0.29, 0.717) is 17.7 Å². The Bertz CT molecular complexity index is 617. The molecule has 3 nitrogen and oxygen atoms in total. The molecule has 2 aromatic rings. The zero-order chi connectivity index (χ0) is 14.2. The number of rotatable bonds is 4. The SMILES string of the molecule is OCCC#Cc1cc(F)cc(OCc2ccccn2)c1. The first-order valence-electron chi connectivity index (χ1n) is 6.21. The van der Waals surface area contributed by atoms with Crippen molar-refractivity contribution in [1.29, 1.82) is 0 Å². The Morgan fingerprint density at radius 1 is 1.25 bits per heavy atom. The Balaban J connectivity index is 2.06. The van der Waals surface area contributed by atoms with E-state index in [9.17, 15) is 4.39 Å². The van der Waals surface area contributed by atoms with Gasteiger partial charge in [0.05, 0.1) is 12.3 Å². The fourth-order valence-corrected chi connectivity index (χ4v) is 1.58. The van der Waals surface area contributed by atoms with Crippen LogP contribution in [0.2, 0.25) is 0 Å². The number of halogens is 1. The van der Waals surface area contributed by atoms with E-state index in [4.69, 9.17) is 9.84 Å². The van der Waals surface area contributed by atoms with Crippen molar-refractivity contribution in [2.45, 2.75) is 13.0 Å². The van der Waals surface area contributed by atoms with E-state index < -0.39 is 5.82 Å². The minimum Gasteiger partial charge on any atom is -0.487 e. The molecular weight excluding hydrogens is 257 g/mol. The van der Waals surface area contributed by atoms with Crippen LogP contribution in [0, 0.1) is 17.7 Å². The molecule has 0 amide bonds. The molecule has 0 radical (unpaired) electrons. The lowest BCUT2D eigenvalue weighted by Crippen LogP contribution is -1.98. The van der Waals surface area contributed by atoms with Gasteiger partial charge in [0.1, 0.15) is 18.2 Å². The average molecular weight is 271 g/mol. The van der Waals surface area contributed by atoms with Crippen LogP contribution in [-0.2, 0) is 6.61 Å². The summed E-state index contributed by atoms with van der Waals surface area (Å²) in [4.78, 5) is 4.12. The third kappa shape index (κ3) is 4.38. The second kappa shape index (κ2) is 7.27. The van der Waals surface area contributed by atoms with Crippen LogP contribution >= 0.6 is 0 Å². The van der Waals surface area contributed by atoms with Gasteiger partial charge in [0.2, 0.25) is 0 Å². The van der Waals surface area contributed by atoms with E-state index in [2.05, 4.69) is 16.8 Å². The first-order valence-corrected chi connectivity index (χ1v) is 6.21. The molecule has 0 spiro atoms. The second-order valence-electron chi connectivity index (χ2n) is 4.06. The summed E-state index contributed by atoms with van der Waals surface area (Å²) in [6.45, 7) is 0.263. The number of hydrogen-bond donors (Lipinski definition) is 1. The molecule has 0 saturated carbocycles. The van der Waals surface area contributed by atoms with Gasteiger partial charge in [-0.15, -0.1) is 0 Å². The molecule has 0 saturated heterocycles. The van der Waals surface area contributed by atoms with Gasteiger partial charge in [0.15, 0.2) is 0 Å². The van der Waals surface area contributed by atoms with Crippen LogP contribution in [0.5, 0.6) is 5.75 Å². The summed E-state index contributed by atoms with van der Waals surface area (Å²) in [6.07, 6.45) is 2.04. The van der Waals surface area contributed by atoms with E-state index in [0.717, 1.165) is 5.69 Å². The van der Waals surface area contributed by atoms with Gasteiger partial charge in [-0.2, -0.15) is 0 Å². The summed E-state index contributed by atoms with van der Waals surface area (Å²) < 4.78 is 19.0. The Hall–Kier alpha value is -2.38. The van der Waals surface area contributed by atoms with Gasteiger partial charge < -0.3 is 9.84 Å². The number of ether oxygens (including phenoxy) is 1. The van der Waals surface area contributed by atoms with Crippen molar-refractivity contribution < 1.29 is 14.2 Å². The Kier molecular flexibility index (Phi) is 5.10. The Morgan fingerprint density at radius 2 is 2.15 bits per heavy atom. The third-order valence-electron chi connectivity index (χ3n) is 2.45. The van der Waals surface area contributed by atoms with E-state index >= 15 is 0 Å². The predicted molar refractivity (Wildman–Crippen MR) is 73.5 cm³/mol. The molecular formula is C16H14FNO2. The topological polar surface area (TPSA) is 42.4 Å². The monoisotopic (exact) mass is 271 g/mol. The molecule has 0 unspecified atom stereocenters. The highest BCUT2D eigenvalue weighted by molar-refractivity contribution is 5.40. The molecule has 20 heavy (non-hydrogen) atoms. The van der Waals surface area contributed by atoms with Gasteiger partial charge in [-0.05, 0) is 24.3 Å². The maximum Gasteiger partial charge on any atom is 0.130 e. The number of aliphatic hydroxyl groups is 1. The Morgan fingerprint density at radius 3 is 2.90 bits per heavy atom. The van der Waals surface area contributed by atoms with Crippen LogP contribution in [0.25, 0.3) is 0 Å². The quantitative estimate of drug-likeness (QED) is 0.869. The van der Waals surface area contributed by atoms with E-state index in [-0.39, 0.29) is 13.2 Å². The highest BCUT2D eigenvalue weighted by Crippen LogP contribution is 2.17. The molecule has 102 valence electrons. The second-order valence-corrected chi connectivity index (χ2v) is 4.06. The lowest BCUT2D eigenvalue weighted by Gasteiger charge is -2.06. The van der Waals surface area contributed by atoms with Gasteiger partial charge in [-0.3, -0.25) is 4.98 Å². The maximum absolute atomic E-state index is 13.4. The fraction of sp³-hybridized carbons (Fsp3) is 0.188. The molecule has 1 aromatic heterocycles. The van der Waals surface area contributed by atoms with Crippen molar-refractivity contribution in [3.8, 4) is 17.6 Å². The molecule has 0 aliphatic heterocycles. The van der Waals surface area contributed by atoms with E-state index in [1.807, 2.05) is 18.2 Å². The van der Waals surface area contributed by atoms with E-state index in [1.165, 1.54) is 12.1 Å². The zero-order valence-electron chi connectivity index (χ0n) is 10.8. The van der Waals surface area contributed by atoms with Gasteiger partial charge in [-0.25, -0.2) is 4.39 Å². The minimum absolute atomic E-state index is 0.00858. The van der Waals surface area contributed by atoms with Crippen molar-refractivity contribution in [3.05, 3.63) is 59.7 Å². The number of pyridine rings is 1. The van der Waals surface area contributed by atoms with Crippen LogP contribution in [0.4, 0.5) is 4.39 Å². The van der Waals surface area contributed by atoms with E-state index in [1.54, 1.807) is 12.3 Å². The van der Waals surface area contributed by atoms with Crippen LogP contribution in [0.15, 0.2) is 42.6 Å². The maximum atomic E-state index is 13.4. The van der Waals surface area contributed by atoms with Crippen molar-refractivity contribution in [3.63, 3.8) is 0 Å². The lowest BCUT2D eigenvalue weighted by molar-refractivity contribution is 0.299. The molecule has 0 aliphatic rings. The number of aromatic nitrogens is 1. The molecule has 1 heterocycles. The molecule has 1 N–H and O–H groups in total. The molecule has 2 rings (SSSR count). The van der Waals surface area contributed by atoms with Crippen LogP contribution < -0.4 is 4.74 Å². The Labute approximate surface area is 117 Å². The molecule has 0 atom stereocenters. The zero-order valence-corrected chi connectivity index (χ0v) is 10.8. The number of nitrogens with zero attached hydrogens (tertiary/aromatic N) is 1. The normalized spacial score (nSPS) is 9.70. The first kappa shape index (κ1) is 14.0.